The van der Waals surface area contributed by atoms with Gasteiger partial charge in [0.1, 0.15) is 0 Å². The minimum atomic E-state index is -3.82. The summed E-state index contributed by atoms with van der Waals surface area (Å²) in [6, 6.07) is 3.74. The molecule has 0 spiro atoms. The van der Waals surface area contributed by atoms with Crippen molar-refractivity contribution in [1.82, 2.24) is 4.31 Å². The summed E-state index contributed by atoms with van der Waals surface area (Å²) in [6.45, 7) is 2.90. The first-order valence-corrected chi connectivity index (χ1v) is 9.59. The third-order valence-corrected chi connectivity index (χ3v) is 6.29. The lowest BCUT2D eigenvalue weighted by molar-refractivity contribution is 0.0598. The van der Waals surface area contributed by atoms with E-state index in [-0.39, 0.29) is 16.0 Å². The molecule has 2 rings (SSSR count). The van der Waals surface area contributed by atoms with E-state index in [2.05, 4.69) is 9.47 Å². The molecular formula is C17H23NO6S. The van der Waals surface area contributed by atoms with Gasteiger partial charge in [0.2, 0.25) is 10.0 Å². The molecule has 1 aliphatic heterocycles. The predicted octanol–water partition coefficient (Wildman–Crippen LogP) is 2.07. The van der Waals surface area contributed by atoms with E-state index in [1.54, 1.807) is 0 Å². The molecule has 1 heterocycles. The topological polar surface area (TPSA) is 90.0 Å². The highest BCUT2D eigenvalue weighted by atomic mass is 32.2. The van der Waals surface area contributed by atoms with Crippen molar-refractivity contribution in [3.05, 3.63) is 29.3 Å². The first-order chi connectivity index (χ1) is 11.8. The fraction of sp³-hybridized carbons (Fsp3) is 0.529. The molecule has 138 valence electrons. The van der Waals surface area contributed by atoms with Gasteiger partial charge in [-0.1, -0.05) is 13.3 Å². The van der Waals surface area contributed by atoms with Crippen LogP contribution < -0.4 is 0 Å². The summed E-state index contributed by atoms with van der Waals surface area (Å²) >= 11 is 0. The van der Waals surface area contributed by atoms with E-state index in [9.17, 15) is 18.0 Å². The van der Waals surface area contributed by atoms with Crippen LogP contribution in [0.25, 0.3) is 0 Å². The summed E-state index contributed by atoms with van der Waals surface area (Å²) in [5.41, 5.74) is -0.0129. The molecule has 0 N–H and O–H groups in total. The number of piperidine rings is 1. The first kappa shape index (κ1) is 19.4. The average molecular weight is 369 g/mol. The van der Waals surface area contributed by atoms with E-state index >= 15 is 0 Å². The Morgan fingerprint density at radius 2 is 1.68 bits per heavy atom. The van der Waals surface area contributed by atoms with Gasteiger partial charge in [0, 0.05) is 13.1 Å². The zero-order chi connectivity index (χ0) is 18.6. The van der Waals surface area contributed by atoms with Crippen molar-refractivity contribution in [3.63, 3.8) is 0 Å². The molecule has 0 saturated carbocycles. The second-order valence-corrected chi connectivity index (χ2v) is 7.95. The Morgan fingerprint density at radius 1 is 1.12 bits per heavy atom. The molecule has 7 nitrogen and oxygen atoms in total. The molecule has 1 atom stereocenters. The largest absolute Gasteiger partial charge is 0.465 e. The van der Waals surface area contributed by atoms with Crippen molar-refractivity contribution in [2.24, 2.45) is 5.92 Å². The van der Waals surface area contributed by atoms with Crippen LogP contribution in [0.15, 0.2) is 23.1 Å². The third-order valence-electron chi connectivity index (χ3n) is 4.45. The number of sulfonamides is 1. The van der Waals surface area contributed by atoms with Crippen molar-refractivity contribution >= 4 is 22.0 Å². The number of carbonyl (C=O) groups excluding carboxylic acids is 2. The highest BCUT2D eigenvalue weighted by molar-refractivity contribution is 7.89. The van der Waals surface area contributed by atoms with E-state index in [0.717, 1.165) is 19.3 Å². The molecule has 1 aromatic carbocycles. The Balaban J connectivity index is 2.48. The van der Waals surface area contributed by atoms with Crippen LogP contribution in [0.5, 0.6) is 0 Å². The fourth-order valence-electron chi connectivity index (χ4n) is 2.95. The molecule has 0 aromatic heterocycles. The SMILES string of the molecule is CCC1CCCN(S(=O)(=O)c2cc(C(=O)OC)cc(C(=O)OC)c2)C1. The number of carbonyl (C=O) groups is 2. The monoisotopic (exact) mass is 369 g/mol. The Bertz CT molecular complexity index is 724. The van der Waals surface area contributed by atoms with Crippen LogP contribution in [0.3, 0.4) is 0 Å². The molecule has 1 aromatic rings. The third kappa shape index (κ3) is 4.19. The van der Waals surface area contributed by atoms with Gasteiger partial charge in [0.25, 0.3) is 0 Å². The smallest absolute Gasteiger partial charge is 0.337 e. The number of esters is 2. The van der Waals surface area contributed by atoms with Crippen molar-refractivity contribution in [2.75, 3.05) is 27.3 Å². The van der Waals surface area contributed by atoms with Crippen LogP contribution in [0.4, 0.5) is 0 Å². The van der Waals surface area contributed by atoms with Crippen LogP contribution in [0, 0.1) is 5.92 Å². The number of hydrogen-bond acceptors (Lipinski definition) is 6. The summed E-state index contributed by atoms with van der Waals surface area (Å²) in [6.07, 6.45) is 2.69. The van der Waals surface area contributed by atoms with Crippen LogP contribution >= 0.6 is 0 Å². The lowest BCUT2D eigenvalue weighted by Crippen LogP contribution is -2.39. The molecule has 0 aliphatic carbocycles. The number of rotatable bonds is 5. The number of ether oxygens (including phenoxy) is 2. The van der Waals surface area contributed by atoms with Crippen LogP contribution in [-0.4, -0.2) is 52.0 Å². The zero-order valence-electron chi connectivity index (χ0n) is 14.6. The van der Waals surface area contributed by atoms with Gasteiger partial charge in [-0.3, -0.25) is 0 Å². The molecule has 1 aliphatic rings. The minimum absolute atomic E-state index is 0.00646. The Labute approximate surface area is 148 Å². The summed E-state index contributed by atoms with van der Waals surface area (Å²) in [7, 11) is -1.43. The van der Waals surface area contributed by atoms with Crippen molar-refractivity contribution in [3.8, 4) is 0 Å². The molecule has 0 radical (unpaired) electrons. The molecule has 0 amide bonds. The van der Waals surface area contributed by atoms with Crippen molar-refractivity contribution < 1.29 is 27.5 Å². The van der Waals surface area contributed by atoms with Gasteiger partial charge in [-0.15, -0.1) is 0 Å². The number of methoxy groups -OCH3 is 2. The number of hydrogen-bond donors (Lipinski definition) is 0. The minimum Gasteiger partial charge on any atom is -0.465 e. The zero-order valence-corrected chi connectivity index (χ0v) is 15.5. The van der Waals surface area contributed by atoms with E-state index in [1.165, 1.54) is 36.7 Å². The van der Waals surface area contributed by atoms with Crippen molar-refractivity contribution in [2.45, 2.75) is 31.1 Å². The summed E-state index contributed by atoms with van der Waals surface area (Å²) < 4.78 is 36.7. The van der Waals surface area contributed by atoms with Crippen molar-refractivity contribution in [1.29, 1.82) is 0 Å². The quantitative estimate of drug-likeness (QED) is 0.738. The van der Waals surface area contributed by atoms with E-state index in [1.807, 2.05) is 6.92 Å². The first-order valence-electron chi connectivity index (χ1n) is 8.15. The standard InChI is InChI=1S/C17H23NO6S/c1-4-12-6-5-7-18(11-12)25(21,22)15-9-13(16(19)23-2)8-14(10-15)17(20)24-3/h8-10,12H,4-7,11H2,1-3H3. The second-order valence-electron chi connectivity index (χ2n) is 6.01. The van der Waals surface area contributed by atoms with Gasteiger partial charge in [-0.25, -0.2) is 18.0 Å². The van der Waals surface area contributed by atoms with Gasteiger partial charge in [0.05, 0.1) is 30.2 Å². The maximum Gasteiger partial charge on any atom is 0.337 e. The summed E-state index contributed by atoms with van der Waals surface area (Å²) in [5.74, 6) is -1.12. The van der Waals surface area contributed by atoms with Gasteiger partial charge in [-0.05, 0) is 37.0 Å². The van der Waals surface area contributed by atoms with E-state index in [0.29, 0.717) is 19.0 Å². The second kappa shape index (κ2) is 7.97. The molecule has 1 fully saturated rings. The van der Waals surface area contributed by atoms with Crippen LogP contribution in [0.1, 0.15) is 46.9 Å². The maximum absolute atomic E-state index is 13.0. The average Bonchev–Trinajstić information content (AvgIpc) is 2.66. The van der Waals surface area contributed by atoms with E-state index in [4.69, 9.17) is 0 Å². The lowest BCUT2D eigenvalue weighted by Gasteiger charge is -2.31. The molecular weight excluding hydrogens is 346 g/mol. The fourth-order valence-corrected chi connectivity index (χ4v) is 4.57. The Morgan fingerprint density at radius 3 is 2.16 bits per heavy atom. The lowest BCUT2D eigenvalue weighted by atomic mass is 9.97. The molecule has 25 heavy (non-hydrogen) atoms. The highest BCUT2D eigenvalue weighted by Crippen LogP contribution is 2.27. The molecule has 8 heteroatoms. The number of benzene rings is 1. The van der Waals surface area contributed by atoms with Gasteiger partial charge >= 0.3 is 11.9 Å². The van der Waals surface area contributed by atoms with E-state index < -0.39 is 22.0 Å². The Hall–Kier alpha value is -1.93. The predicted molar refractivity (Wildman–Crippen MR) is 90.9 cm³/mol. The highest BCUT2D eigenvalue weighted by Gasteiger charge is 2.31. The maximum atomic E-state index is 13.0. The van der Waals surface area contributed by atoms with Gasteiger partial charge in [0.15, 0.2) is 0 Å². The molecule has 1 unspecified atom stereocenters. The van der Waals surface area contributed by atoms with Gasteiger partial charge < -0.3 is 9.47 Å². The Kier molecular flexibility index (Phi) is 6.18. The molecule has 1 saturated heterocycles. The summed E-state index contributed by atoms with van der Waals surface area (Å²) in [4.78, 5) is 23.6. The summed E-state index contributed by atoms with van der Waals surface area (Å²) in [5, 5.41) is 0. The van der Waals surface area contributed by atoms with Gasteiger partial charge in [-0.2, -0.15) is 4.31 Å². The van der Waals surface area contributed by atoms with Crippen LogP contribution in [0.2, 0.25) is 0 Å². The number of nitrogens with zero attached hydrogens (tertiary/aromatic N) is 1. The van der Waals surface area contributed by atoms with Crippen LogP contribution in [-0.2, 0) is 19.5 Å². The molecule has 0 bridgehead atoms. The normalized spacial score (nSPS) is 18.6.